The highest BCUT2D eigenvalue weighted by molar-refractivity contribution is 7.86. The van der Waals surface area contributed by atoms with Gasteiger partial charge in [0.05, 0.1) is 17.8 Å². The van der Waals surface area contributed by atoms with E-state index in [1.54, 1.807) is 0 Å². The minimum atomic E-state index is -4.22. The first-order chi connectivity index (χ1) is 14.3. The average molecular weight is 492 g/mol. The van der Waals surface area contributed by atoms with Crippen molar-refractivity contribution in [3.63, 3.8) is 0 Å². The van der Waals surface area contributed by atoms with Crippen molar-refractivity contribution in [3.05, 3.63) is 51.8 Å². The Morgan fingerprint density at radius 2 is 1.71 bits per heavy atom. The maximum atomic E-state index is 13.3. The van der Waals surface area contributed by atoms with Gasteiger partial charge >= 0.3 is 11.9 Å². The maximum Gasteiger partial charge on any atom is 0.320 e. The number of carboxylic acid groups (broad SMARTS) is 2. The first-order valence-corrected chi connectivity index (χ1v) is 10.9. The normalized spacial score (nSPS) is 13.1. The van der Waals surface area contributed by atoms with E-state index in [1.165, 1.54) is 41.8 Å². The van der Waals surface area contributed by atoms with Gasteiger partial charge < -0.3 is 14.8 Å². The lowest BCUT2D eigenvalue weighted by molar-refractivity contribution is -0.164. The first kappa shape index (κ1) is 24.9. The molecule has 2 rings (SSSR count). The molecule has 0 aliphatic heterocycles. The fraction of sp³-hybridized carbons (Fsp3) is 0.316. The third-order valence-electron chi connectivity index (χ3n) is 4.87. The van der Waals surface area contributed by atoms with Gasteiger partial charge in [-0.15, -0.1) is 0 Å². The molecule has 31 heavy (non-hydrogen) atoms. The minimum Gasteiger partial charge on any atom is -0.480 e. The fourth-order valence-electron chi connectivity index (χ4n) is 3.12. The monoisotopic (exact) mass is 491 g/mol. The third kappa shape index (κ3) is 4.62. The summed E-state index contributed by atoms with van der Waals surface area (Å²) in [6.45, 7) is 2.51. The summed E-state index contributed by atoms with van der Waals surface area (Å²) >= 11 is 12.3. The van der Waals surface area contributed by atoms with Gasteiger partial charge in [0, 0.05) is 11.6 Å². The number of ketones is 1. The number of carbonyl (C=O) groups is 3. The Hall–Kier alpha value is -2.40. The minimum absolute atomic E-state index is 0.0451. The second-order valence-electron chi connectivity index (χ2n) is 6.98. The number of halogens is 2. The van der Waals surface area contributed by atoms with Crippen molar-refractivity contribution in [3.8, 4) is 0 Å². The molecule has 0 aliphatic rings. The van der Waals surface area contributed by atoms with Crippen LogP contribution in [0.1, 0.15) is 42.4 Å². The summed E-state index contributed by atoms with van der Waals surface area (Å²) in [5, 5.41) is 18.6. The van der Waals surface area contributed by atoms with Crippen LogP contribution in [0, 0.1) is 5.41 Å². The maximum absolute atomic E-state index is 13.3. The number of hydrogen-bond acceptors (Lipinski definition) is 6. The Bertz CT molecular complexity index is 1140. The molecule has 1 heterocycles. The van der Waals surface area contributed by atoms with Crippen LogP contribution < -0.4 is 0 Å². The van der Waals surface area contributed by atoms with Crippen LogP contribution in [0.3, 0.4) is 0 Å². The Kier molecular flexibility index (Phi) is 7.21. The molecule has 168 valence electrons. The Morgan fingerprint density at radius 1 is 1.16 bits per heavy atom. The van der Waals surface area contributed by atoms with Gasteiger partial charge in [0.2, 0.25) is 5.78 Å². The predicted molar refractivity (Wildman–Crippen MR) is 111 cm³/mol. The number of carboxylic acids is 2. The van der Waals surface area contributed by atoms with Crippen molar-refractivity contribution < 1.29 is 37.2 Å². The molecule has 0 radical (unpaired) electrons. The molecule has 2 aromatic rings. The summed E-state index contributed by atoms with van der Waals surface area (Å²) in [6, 6.07) is 5.64. The quantitative estimate of drug-likeness (QED) is 0.308. The summed E-state index contributed by atoms with van der Waals surface area (Å²) < 4.78 is 30.1. The van der Waals surface area contributed by atoms with Crippen molar-refractivity contribution in [2.24, 2.45) is 5.41 Å². The van der Waals surface area contributed by atoms with Crippen molar-refractivity contribution >= 4 is 51.0 Å². The molecular weight excluding hydrogens is 473 g/mol. The van der Waals surface area contributed by atoms with Crippen LogP contribution >= 0.6 is 23.2 Å². The van der Waals surface area contributed by atoms with Crippen LogP contribution in [0.15, 0.2) is 35.2 Å². The smallest absolute Gasteiger partial charge is 0.320 e. The molecule has 2 N–H and O–H groups in total. The Labute approximate surface area is 188 Å². The largest absolute Gasteiger partial charge is 0.480 e. The number of aromatic nitrogens is 1. The zero-order valence-corrected chi connectivity index (χ0v) is 19.0. The Morgan fingerprint density at radius 3 is 2.23 bits per heavy atom. The van der Waals surface area contributed by atoms with Crippen molar-refractivity contribution in [2.75, 3.05) is 7.11 Å². The zero-order chi connectivity index (χ0) is 23.7. The van der Waals surface area contributed by atoms with Crippen molar-refractivity contribution in [2.45, 2.75) is 31.2 Å². The van der Waals surface area contributed by atoms with Crippen LogP contribution in [0.5, 0.6) is 0 Å². The highest BCUT2D eigenvalue weighted by atomic mass is 35.5. The van der Waals surface area contributed by atoms with Gasteiger partial charge in [-0.1, -0.05) is 35.3 Å². The van der Waals surface area contributed by atoms with E-state index in [4.69, 9.17) is 23.2 Å². The van der Waals surface area contributed by atoms with Gasteiger partial charge in [-0.05, 0) is 38.5 Å². The fourth-order valence-corrected chi connectivity index (χ4v) is 4.49. The molecule has 1 atom stereocenters. The molecule has 12 heteroatoms. The topological polar surface area (TPSA) is 140 Å². The second-order valence-corrected chi connectivity index (χ2v) is 9.43. The number of nitrogens with zero attached hydrogens (tertiary/aromatic N) is 1. The van der Waals surface area contributed by atoms with E-state index in [9.17, 15) is 33.0 Å². The average Bonchev–Trinajstić information content (AvgIpc) is 3.01. The molecular formula is C19H19Cl2NO8S. The van der Waals surface area contributed by atoms with Crippen molar-refractivity contribution in [1.82, 2.24) is 4.57 Å². The standard InChI is InChI=1S/C19H19Cl2NO8S/c1-10(9-19(2,17(24)25)18(26)27)22-13(8-12(20)16(22)21)15(23)11-6-4-5-7-14(11)31(28,29)30-3/h4-8,10H,9H2,1-3H3,(H,24,25)(H,26,27). The van der Waals surface area contributed by atoms with E-state index < -0.39 is 45.7 Å². The lowest BCUT2D eigenvalue weighted by Crippen LogP contribution is -2.38. The molecule has 1 unspecified atom stereocenters. The van der Waals surface area contributed by atoms with E-state index in [0.29, 0.717) is 0 Å². The van der Waals surface area contributed by atoms with E-state index in [1.807, 2.05) is 0 Å². The number of rotatable bonds is 9. The van der Waals surface area contributed by atoms with E-state index in [-0.39, 0.29) is 26.3 Å². The summed E-state index contributed by atoms with van der Waals surface area (Å²) in [7, 11) is -3.27. The molecule has 0 fully saturated rings. The van der Waals surface area contributed by atoms with E-state index >= 15 is 0 Å². The van der Waals surface area contributed by atoms with Gasteiger partial charge in [-0.25, -0.2) is 0 Å². The SMILES string of the molecule is COS(=O)(=O)c1ccccc1C(=O)c1cc(Cl)c(Cl)n1C(C)CC(C)(C(=O)O)C(=O)O. The summed E-state index contributed by atoms with van der Waals surface area (Å²) in [6.07, 6.45) is -0.430. The lowest BCUT2D eigenvalue weighted by atomic mass is 9.84. The molecule has 0 bridgehead atoms. The van der Waals surface area contributed by atoms with Gasteiger partial charge in [-0.2, -0.15) is 8.42 Å². The van der Waals surface area contributed by atoms with Crippen LogP contribution in [0.2, 0.25) is 10.2 Å². The third-order valence-corrected chi connectivity index (χ3v) is 6.98. The van der Waals surface area contributed by atoms with Gasteiger partial charge in [0.25, 0.3) is 10.1 Å². The van der Waals surface area contributed by atoms with Crippen LogP contribution in [0.25, 0.3) is 0 Å². The molecule has 0 saturated carbocycles. The summed E-state index contributed by atoms with van der Waals surface area (Å²) in [5.41, 5.74) is -2.53. The molecule has 0 spiro atoms. The first-order valence-electron chi connectivity index (χ1n) is 8.75. The van der Waals surface area contributed by atoms with Gasteiger partial charge in [0.15, 0.2) is 5.41 Å². The van der Waals surface area contributed by atoms with Gasteiger partial charge in [0.1, 0.15) is 10.0 Å². The van der Waals surface area contributed by atoms with Crippen LogP contribution in [-0.4, -0.2) is 48.0 Å². The molecule has 9 nitrogen and oxygen atoms in total. The highest BCUT2D eigenvalue weighted by Gasteiger charge is 2.43. The number of hydrogen-bond donors (Lipinski definition) is 2. The summed E-state index contributed by atoms with van der Waals surface area (Å²) in [4.78, 5) is 36.0. The second kappa shape index (κ2) is 8.99. The number of aliphatic carboxylic acids is 2. The lowest BCUT2D eigenvalue weighted by Gasteiger charge is -2.26. The molecule has 1 aromatic heterocycles. The molecule has 0 saturated heterocycles. The van der Waals surface area contributed by atoms with E-state index in [2.05, 4.69) is 4.18 Å². The zero-order valence-electron chi connectivity index (χ0n) is 16.6. The molecule has 0 amide bonds. The van der Waals surface area contributed by atoms with Gasteiger partial charge in [-0.3, -0.25) is 18.6 Å². The van der Waals surface area contributed by atoms with Crippen LogP contribution in [-0.2, 0) is 23.9 Å². The Balaban J connectivity index is 2.63. The molecule has 1 aromatic carbocycles. The number of carbonyl (C=O) groups excluding carboxylic acids is 1. The van der Waals surface area contributed by atoms with E-state index in [0.717, 1.165) is 14.0 Å². The van der Waals surface area contributed by atoms with Crippen LogP contribution in [0.4, 0.5) is 0 Å². The predicted octanol–water partition coefficient (Wildman–Crippen LogP) is 3.49. The number of benzene rings is 1. The highest BCUT2D eigenvalue weighted by Crippen LogP contribution is 2.37. The summed E-state index contributed by atoms with van der Waals surface area (Å²) in [5.74, 6) is -3.90. The van der Waals surface area contributed by atoms with Crippen molar-refractivity contribution in [1.29, 1.82) is 0 Å². The molecule has 0 aliphatic carbocycles.